The number of hydrogen-bond acceptors (Lipinski definition) is 4. The average Bonchev–Trinajstić information content (AvgIpc) is 3.07. The lowest BCUT2D eigenvalue weighted by atomic mass is 9.95. The zero-order valence-electron chi connectivity index (χ0n) is 12.5. The van der Waals surface area contributed by atoms with Gasteiger partial charge in [-0.25, -0.2) is 9.97 Å². The van der Waals surface area contributed by atoms with Crippen molar-refractivity contribution < 1.29 is 4.79 Å². The van der Waals surface area contributed by atoms with E-state index >= 15 is 0 Å². The molecule has 0 saturated carbocycles. The first-order chi connectivity index (χ1) is 11.2. The maximum Gasteiger partial charge on any atom is 0.238 e. The number of hydrogen-bond donors (Lipinski definition) is 1. The Kier molecular flexibility index (Phi) is 3.37. The van der Waals surface area contributed by atoms with Crippen LogP contribution >= 0.6 is 15.9 Å². The zero-order chi connectivity index (χ0) is 16.0. The Morgan fingerprint density at radius 1 is 1.35 bits per heavy atom. The summed E-state index contributed by atoms with van der Waals surface area (Å²) in [5, 5.41) is 8.21. The van der Waals surface area contributed by atoms with E-state index < -0.39 is 5.92 Å². The molecule has 2 aromatic heterocycles. The molecule has 1 unspecified atom stereocenters. The van der Waals surface area contributed by atoms with Gasteiger partial charge in [0.2, 0.25) is 5.91 Å². The third-order valence-corrected chi connectivity index (χ3v) is 4.46. The lowest BCUT2D eigenvalue weighted by Crippen LogP contribution is -2.14. The molecule has 1 aliphatic rings. The third kappa shape index (κ3) is 2.31. The molecule has 7 heteroatoms. The molecule has 0 radical (unpaired) electrons. The number of aryl methyl sites for hydroxylation is 1. The van der Waals surface area contributed by atoms with Gasteiger partial charge in [-0.05, 0) is 30.2 Å². The molecule has 0 bridgehead atoms. The summed E-state index contributed by atoms with van der Waals surface area (Å²) in [5.41, 5.74) is 3.08. The van der Waals surface area contributed by atoms with Crippen LogP contribution in [0, 0.1) is 0 Å². The van der Waals surface area contributed by atoms with Gasteiger partial charge in [-0.2, -0.15) is 5.10 Å². The molecule has 1 aliphatic heterocycles. The second kappa shape index (κ2) is 5.42. The second-order valence-electron chi connectivity index (χ2n) is 5.54. The number of nitrogens with zero attached hydrogens (tertiary/aromatic N) is 4. The zero-order valence-corrected chi connectivity index (χ0v) is 14.0. The topological polar surface area (TPSA) is 72.7 Å². The van der Waals surface area contributed by atoms with Crippen molar-refractivity contribution in [2.24, 2.45) is 0 Å². The van der Waals surface area contributed by atoms with Gasteiger partial charge in [-0.3, -0.25) is 9.48 Å². The third-order valence-electron chi connectivity index (χ3n) is 3.97. The molecule has 3 heterocycles. The van der Waals surface area contributed by atoms with Crippen molar-refractivity contribution in [1.29, 1.82) is 0 Å². The Hall–Kier alpha value is -2.28. The van der Waals surface area contributed by atoms with E-state index in [1.807, 2.05) is 29.1 Å². The maximum atomic E-state index is 12.5. The van der Waals surface area contributed by atoms with Gasteiger partial charge in [0.05, 0.1) is 11.1 Å². The van der Waals surface area contributed by atoms with Gasteiger partial charge in [-0.1, -0.05) is 22.9 Å². The molecule has 0 aliphatic carbocycles. The highest BCUT2D eigenvalue weighted by atomic mass is 79.9. The minimum Gasteiger partial charge on any atom is -0.325 e. The minimum atomic E-state index is -0.438. The van der Waals surface area contributed by atoms with E-state index in [-0.39, 0.29) is 5.91 Å². The van der Waals surface area contributed by atoms with E-state index in [9.17, 15) is 4.79 Å². The van der Waals surface area contributed by atoms with E-state index in [4.69, 9.17) is 0 Å². The van der Waals surface area contributed by atoms with Crippen LogP contribution in [0.25, 0.3) is 11.0 Å². The van der Waals surface area contributed by atoms with Crippen molar-refractivity contribution in [3.05, 3.63) is 46.5 Å². The number of aromatic nitrogens is 4. The van der Waals surface area contributed by atoms with E-state index in [0.717, 1.165) is 34.1 Å². The molecular weight excluding hydrogens is 358 g/mol. The molecule has 4 rings (SSSR count). The molecule has 0 fully saturated rings. The van der Waals surface area contributed by atoms with Gasteiger partial charge >= 0.3 is 0 Å². The van der Waals surface area contributed by atoms with Crippen LogP contribution in [0.5, 0.6) is 0 Å². The Bertz CT molecular complexity index is 920. The van der Waals surface area contributed by atoms with Crippen molar-refractivity contribution in [2.75, 3.05) is 5.32 Å². The molecule has 0 spiro atoms. The van der Waals surface area contributed by atoms with Gasteiger partial charge in [-0.15, -0.1) is 0 Å². The van der Waals surface area contributed by atoms with Crippen LogP contribution in [0.1, 0.15) is 30.5 Å². The normalized spacial score (nSPS) is 16.6. The highest BCUT2D eigenvalue weighted by molar-refractivity contribution is 9.10. The second-order valence-corrected chi connectivity index (χ2v) is 6.46. The first kappa shape index (κ1) is 14.3. The summed E-state index contributed by atoms with van der Waals surface area (Å²) in [4.78, 5) is 21.1. The van der Waals surface area contributed by atoms with E-state index in [2.05, 4.69) is 43.2 Å². The van der Waals surface area contributed by atoms with Gasteiger partial charge in [0.25, 0.3) is 0 Å². The lowest BCUT2D eigenvalue weighted by Gasteiger charge is -2.09. The summed E-state index contributed by atoms with van der Waals surface area (Å²) in [7, 11) is 0. The molecule has 1 atom stereocenters. The van der Waals surface area contributed by atoms with E-state index in [1.54, 1.807) is 0 Å². The SMILES string of the molecule is CCCn1cc2c(C3C(=O)Nc4ccc(Br)cc43)ncnc2n1. The van der Waals surface area contributed by atoms with Crippen LogP contribution in [0.15, 0.2) is 35.2 Å². The number of amides is 1. The number of benzene rings is 1. The van der Waals surface area contributed by atoms with Crippen molar-refractivity contribution in [3.63, 3.8) is 0 Å². The van der Waals surface area contributed by atoms with Gasteiger partial charge in [0.1, 0.15) is 12.2 Å². The van der Waals surface area contributed by atoms with Crippen molar-refractivity contribution >= 4 is 38.6 Å². The van der Waals surface area contributed by atoms with E-state index in [1.165, 1.54) is 6.33 Å². The summed E-state index contributed by atoms with van der Waals surface area (Å²) in [6.45, 7) is 2.91. The Labute approximate surface area is 141 Å². The fraction of sp³-hybridized carbons (Fsp3) is 0.250. The molecule has 1 N–H and O–H groups in total. The summed E-state index contributed by atoms with van der Waals surface area (Å²) >= 11 is 3.47. The summed E-state index contributed by atoms with van der Waals surface area (Å²) in [6.07, 6.45) is 4.39. The molecule has 23 heavy (non-hydrogen) atoms. The number of fused-ring (bicyclic) bond motifs is 2. The predicted octanol–water partition coefficient (Wildman–Crippen LogP) is 3.08. The van der Waals surface area contributed by atoms with E-state index in [0.29, 0.717) is 11.3 Å². The first-order valence-corrected chi connectivity index (χ1v) is 8.25. The highest BCUT2D eigenvalue weighted by Gasteiger charge is 2.34. The van der Waals surface area contributed by atoms with Crippen molar-refractivity contribution in [2.45, 2.75) is 25.8 Å². The van der Waals surface area contributed by atoms with Crippen molar-refractivity contribution in [1.82, 2.24) is 19.7 Å². The molecular formula is C16H14BrN5O. The van der Waals surface area contributed by atoms with Crippen LogP contribution in [0.3, 0.4) is 0 Å². The van der Waals surface area contributed by atoms with Crippen LogP contribution in [0.2, 0.25) is 0 Å². The molecule has 116 valence electrons. The summed E-state index contributed by atoms with van der Waals surface area (Å²) in [5.74, 6) is -0.506. The molecule has 1 aromatic carbocycles. The van der Waals surface area contributed by atoms with Gasteiger partial charge < -0.3 is 5.32 Å². The predicted molar refractivity (Wildman–Crippen MR) is 90.2 cm³/mol. The quantitative estimate of drug-likeness (QED) is 0.767. The number of rotatable bonds is 3. The lowest BCUT2D eigenvalue weighted by molar-refractivity contribution is -0.116. The van der Waals surface area contributed by atoms with Gasteiger partial charge in [0.15, 0.2) is 5.65 Å². The number of carbonyl (C=O) groups is 1. The van der Waals surface area contributed by atoms with Crippen molar-refractivity contribution in [3.8, 4) is 0 Å². The number of halogens is 1. The van der Waals surface area contributed by atoms with Crippen LogP contribution < -0.4 is 5.32 Å². The first-order valence-electron chi connectivity index (χ1n) is 7.45. The number of anilines is 1. The van der Waals surface area contributed by atoms with Gasteiger partial charge in [0, 0.05) is 22.9 Å². The Balaban J connectivity index is 1.89. The monoisotopic (exact) mass is 371 g/mol. The average molecular weight is 372 g/mol. The molecule has 3 aromatic rings. The number of carbonyl (C=O) groups excluding carboxylic acids is 1. The van der Waals surface area contributed by atoms with Crippen LogP contribution in [0.4, 0.5) is 5.69 Å². The van der Waals surface area contributed by atoms with Crippen LogP contribution in [-0.2, 0) is 11.3 Å². The largest absolute Gasteiger partial charge is 0.325 e. The molecule has 1 amide bonds. The van der Waals surface area contributed by atoms with Crippen LogP contribution in [-0.4, -0.2) is 25.7 Å². The Morgan fingerprint density at radius 3 is 3.04 bits per heavy atom. The fourth-order valence-electron chi connectivity index (χ4n) is 2.98. The molecule has 6 nitrogen and oxygen atoms in total. The smallest absolute Gasteiger partial charge is 0.238 e. The minimum absolute atomic E-state index is 0.0682. The highest BCUT2D eigenvalue weighted by Crippen LogP contribution is 2.39. The number of nitrogens with one attached hydrogen (secondary N) is 1. The Morgan fingerprint density at radius 2 is 2.22 bits per heavy atom. The standard InChI is InChI=1S/C16H14BrN5O/c1-2-5-22-7-11-14(18-8-19-15(11)21-22)13-10-6-9(17)3-4-12(10)20-16(13)23/h3-4,6-8,13H,2,5H2,1H3,(H,20,23). The maximum absolute atomic E-state index is 12.5. The summed E-state index contributed by atoms with van der Waals surface area (Å²) < 4.78 is 2.79. The fourth-order valence-corrected chi connectivity index (χ4v) is 3.36. The summed E-state index contributed by atoms with van der Waals surface area (Å²) in [6, 6.07) is 5.77. The molecule has 0 saturated heterocycles.